The summed E-state index contributed by atoms with van der Waals surface area (Å²) < 4.78 is 0. The topological polar surface area (TPSA) is 230 Å². The van der Waals surface area contributed by atoms with Crippen molar-refractivity contribution < 1.29 is 60.0 Å². The number of hydrogen-bond donors (Lipinski definition) is 8. The molecule has 0 aromatic rings. The summed E-state index contributed by atoms with van der Waals surface area (Å²) >= 11 is 0. The molecule has 0 saturated heterocycles. The second kappa shape index (κ2) is 27.1. The average molecular weight is 1260 g/mol. The van der Waals surface area contributed by atoms with Crippen LogP contribution in [0.5, 0.6) is 0 Å². The van der Waals surface area contributed by atoms with Crippen molar-refractivity contribution in [2.24, 2.45) is 157 Å². The van der Waals surface area contributed by atoms with Gasteiger partial charge in [0.05, 0.1) is 30.5 Å². The zero-order chi connectivity index (χ0) is 65.5. The third-order valence-electron chi connectivity index (χ3n) is 32.6. The molecule has 0 aliphatic heterocycles. The Hall–Kier alpha value is -2.12. The van der Waals surface area contributed by atoms with Gasteiger partial charge in [0, 0.05) is 31.1 Å². The first-order valence-corrected chi connectivity index (χ1v) is 38.0. The molecular weight excluding hydrogens is 1130 g/mol. The highest BCUT2D eigenvalue weighted by atomic mass is 16.4. The van der Waals surface area contributed by atoms with Crippen molar-refractivity contribution in [3.63, 3.8) is 0 Å². The molecule has 32 atom stereocenters. The zero-order valence-corrected chi connectivity index (χ0v) is 58.4. The second-order valence-electron chi connectivity index (χ2n) is 35.9. The van der Waals surface area contributed by atoms with Gasteiger partial charge < -0.3 is 40.9 Å². The lowest BCUT2D eigenvalue weighted by molar-refractivity contribution is -0.203. The molecule has 8 N–H and O–H groups in total. The summed E-state index contributed by atoms with van der Waals surface area (Å²) in [7, 11) is 0. The third kappa shape index (κ3) is 12.1. The van der Waals surface area contributed by atoms with E-state index in [1.165, 1.54) is 57.8 Å². The average Bonchev–Trinajstić information content (AvgIpc) is 1.44. The Balaban J connectivity index is 0.000000148. The SMILES string of the molecule is CC[C@H]1C(=O)[C@@H]2[C@H](CC[C@]3(C)[C@@H](C(C)CCC(=O)O)CC[C@@H]23)[C@@]2(C)CC[C@@H](O)C[C@@H]12.CC[C@H]1[C@@H](O)[C@@H]2[C@H](CC[C@]3(C)[C@@H](C(C)CCC(=O)O)CC[C@@H]23)[C@@]2(C)CC[C@@H](O)C[C@@H]12.CC[C@H]1[C@@H](O)[C@@H]2[C@H](CC[C@]3(C)[C@@H](C(C)CCC(=O)O)CC[C@@H]23)[C@@]2(C)CC[C@@H](O)C[C@@H]12. The van der Waals surface area contributed by atoms with Gasteiger partial charge in [-0.2, -0.15) is 0 Å². The number of ketones is 1. The summed E-state index contributed by atoms with van der Waals surface area (Å²) in [5.74, 6) is 7.47. The summed E-state index contributed by atoms with van der Waals surface area (Å²) in [6, 6.07) is 0. The minimum atomic E-state index is -0.697. The van der Waals surface area contributed by atoms with Crippen molar-refractivity contribution in [3.8, 4) is 0 Å². The van der Waals surface area contributed by atoms with Crippen LogP contribution < -0.4 is 0 Å². The van der Waals surface area contributed by atoms with Crippen molar-refractivity contribution in [1.82, 2.24) is 0 Å². The highest BCUT2D eigenvalue weighted by Crippen LogP contribution is 2.73. The predicted octanol–water partition coefficient (Wildman–Crippen LogP) is 15.6. The van der Waals surface area contributed by atoms with E-state index in [1.54, 1.807) is 0 Å². The van der Waals surface area contributed by atoms with Gasteiger partial charge in [-0.3, -0.25) is 19.2 Å². The zero-order valence-electron chi connectivity index (χ0n) is 58.4. The summed E-state index contributed by atoms with van der Waals surface area (Å²) in [4.78, 5) is 47.3. The van der Waals surface area contributed by atoms with E-state index in [0.717, 1.165) is 116 Å². The number of carboxylic acid groups (broad SMARTS) is 3. The van der Waals surface area contributed by atoms with Gasteiger partial charge >= 0.3 is 17.9 Å². The van der Waals surface area contributed by atoms with Crippen molar-refractivity contribution in [1.29, 1.82) is 0 Å². The van der Waals surface area contributed by atoms with E-state index < -0.39 is 17.9 Å². The normalized spacial score (nSPS) is 50.7. The predicted molar refractivity (Wildman–Crippen MR) is 352 cm³/mol. The maximum Gasteiger partial charge on any atom is 0.303 e. The van der Waals surface area contributed by atoms with Crippen LogP contribution in [0.1, 0.15) is 276 Å². The van der Waals surface area contributed by atoms with E-state index in [2.05, 4.69) is 83.1 Å². The first kappa shape index (κ1) is 70.7. The fourth-order valence-electron chi connectivity index (χ4n) is 28.1. The van der Waals surface area contributed by atoms with Gasteiger partial charge in [-0.25, -0.2) is 0 Å². The van der Waals surface area contributed by atoms with Crippen LogP contribution in [0.15, 0.2) is 0 Å². The van der Waals surface area contributed by atoms with Gasteiger partial charge in [0.1, 0.15) is 5.78 Å². The van der Waals surface area contributed by atoms with Gasteiger partial charge in [0.15, 0.2) is 0 Å². The van der Waals surface area contributed by atoms with Gasteiger partial charge in [-0.1, -0.05) is 95.9 Å². The molecular formula is C78H130O12. The number of aliphatic hydroxyl groups is 5. The number of Topliss-reactive ketones (excluding diaryl/α,β-unsaturated/α-hetero) is 1. The number of carbonyl (C=O) groups excluding carboxylic acids is 1. The third-order valence-corrected chi connectivity index (χ3v) is 32.6. The summed E-state index contributed by atoms with van der Waals surface area (Å²) in [5.41, 5.74) is 1.32. The number of rotatable bonds is 15. The minimum absolute atomic E-state index is 0.108. The number of aliphatic hydroxyl groups excluding tert-OH is 5. The standard InChI is InChI=1S/2C26H44O4.C26H42O4/c3*1-5-17-21-14-16(27)10-12-26(21,4)20-11-13-25(3)18(15(2)6-9-22(28)29)7-8-19(25)23(20)24(17)30/h2*15-21,23-24,27,30H,5-14H2,1-4H3,(H,28,29);15-21,23,27H,5-14H2,1-4H3,(H,28,29)/t2*15?,16-,17-,18-,19+,20+,21+,23+,24-,25-,26-;15?,16-,17-,18-,19+,20+,21+,23+,25-,26-/m111/s1. The molecule has 0 bridgehead atoms. The van der Waals surface area contributed by atoms with Gasteiger partial charge in [-0.15, -0.1) is 0 Å². The van der Waals surface area contributed by atoms with Crippen LogP contribution in [0.2, 0.25) is 0 Å². The lowest BCUT2D eigenvalue weighted by Gasteiger charge is -2.64. The van der Waals surface area contributed by atoms with E-state index in [4.69, 9.17) is 15.3 Å². The first-order chi connectivity index (χ1) is 42.4. The molecule has 0 amide bonds. The van der Waals surface area contributed by atoms with Crippen LogP contribution in [0.25, 0.3) is 0 Å². The Morgan fingerprint density at radius 1 is 0.389 bits per heavy atom. The van der Waals surface area contributed by atoms with Gasteiger partial charge in [-0.05, 0) is 305 Å². The van der Waals surface area contributed by atoms with Crippen LogP contribution in [-0.4, -0.2) is 95.1 Å². The summed E-state index contributed by atoms with van der Waals surface area (Å²) in [6.45, 7) is 28.2. The molecule has 0 aromatic carbocycles. The number of aliphatic carboxylic acids is 3. The van der Waals surface area contributed by atoms with E-state index in [-0.39, 0.29) is 94.1 Å². The molecule has 0 radical (unpaired) electrons. The van der Waals surface area contributed by atoms with Crippen LogP contribution in [0.3, 0.4) is 0 Å². The molecule has 3 unspecified atom stereocenters. The molecule has 12 fully saturated rings. The molecule has 12 aliphatic rings. The smallest absolute Gasteiger partial charge is 0.303 e. The van der Waals surface area contributed by atoms with Crippen LogP contribution in [0.4, 0.5) is 0 Å². The number of hydrogen-bond acceptors (Lipinski definition) is 9. The minimum Gasteiger partial charge on any atom is -0.481 e. The number of fused-ring (bicyclic) bond motifs is 15. The summed E-state index contributed by atoms with van der Waals surface area (Å²) in [5, 5.41) is 82.1. The first-order valence-electron chi connectivity index (χ1n) is 38.0. The molecule has 12 heteroatoms. The highest BCUT2D eigenvalue weighted by molar-refractivity contribution is 5.86. The van der Waals surface area contributed by atoms with Crippen LogP contribution in [-0.2, 0) is 19.2 Å². The maximum atomic E-state index is 13.9. The summed E-state index contributed by atoms with van der Waals surface area (Å²) in [6.07, 6.45) is 27.6. The molecule has 12 aliphatic carbocycles. The fraction of sp³-hybridized carbons (Fsp3) is 0.949. The molecule has 0 heterocycles. The fourth-order valence-corrected chi connectivity index (χ4v) is 28.1. The van der Waals surface area contributed by atoms with Crippen molar-refractivity contribution in [3.05, 3.63) is 0 Å². The monoisotopic (exact) mass is 1260 g/mol. The largest absolute Gasteiger partial charge is 0.481 e. The van der Waals surface area contributed by atoms with Crippen LogP contribution in [0, 0.1) is 157 Å². The molecule has 0 aromatic heterocycles. The maximum absolute atomic E-state index is 13.9. The number of carboxylic acids is 3. The number of carbonyl (C=O) groups is 4. The van der Waals surface area contributed by atoms with Crippen molar-refractivity contribution >= 4 is 23.7 Å². The Bertz CT molecular complexity index is 2410. The van der Waals surface area contributed by atoms with Gasteiger partial charge in [0.2, 0.25) is 0 Å². The van der Waals surface area contributed by atoms with Crippen molar-refractivity contribution in [2.45, 2.75) is 306 Å². The molecule has 514 valence electrons. The Labute approximate surface area is 544 Å². The Kier molecular flexibility index (Phi) is 21.2. The molecule has 12 rings (SSSR count). The molecule has 90 heavy (non-hydrogen) atoms. The van der Waals surface area contributed by atoms with E-state index in [1.807, 2.05) is 0 Å². The van der Waals surface area contributed by atoms with Gasteiger partial charge in [0.25, 0.3) is 0 Å². The van der Waals surface area contributed by atoms with E-state index in [9.17, 15) is 44.7 Å². The molecule has 12 saturated carbocycles. The Morgan fingerprint density at radius 2 is 0.678 bits per heavy atom. The highest BCUT2D eigenvalue weighted by Gasteiger charge is 2.69. The van der Waals surface area contributed by atoms with Crippen molar-refractivity contribution in [2.75, 3.05) is 0 Å². The Morgan fingerprint density at radius 3 is 1.02 bits per heavy atom. The lowest BCUT2D eigenvalue weighted by Crippen LogP contribution is -2.62. The van der Waals surface area contributed by atoms with Crippen LogP contribution >= 0.6 is 0 Å². The molecule has 0 spiro atoms. The van der Waals surface area contributed by atoms with E-state index in [0.29, 0.717) is 118 Å². The quantitative estimate of drug-likeness (QED) is 0.0766. The lowest BCUT2D eigenvalue weighted by atomic mass is 9.41. The van der Waals surface area contributed by atoms with E-state index >= 15 is 0 Å². The molecule has 12 nitrogen and oxygen atoms in total. The second-order valence-corrected chi connectivity index (χ2v) is 35.9.